The average Bonchev–Trinajstić information content (AvgIpc) is 2.51. The molecule has 0 radical (unpaired) electrons. The summed E-state index contributed by atoms with van der Waals surface area (Å²) in [4.78, 5) is 12.4. The molecule has 3 nitrogen and oxygen atoms in total. The van der Waals surface area contributed by atoms with Gasteiger partial charge in [-0.2, -0.15) is 0 Å². The summed E-state index contributed by atoms with van der Waals surface area (Å²) in [7, 11) is 0. The van der Waals surface area contributed by atoms with Gasteiger partial charge in [0.1, 0.15) is 18.0 Å². The van der Waals surface area contributed by atoms with Gasteiger partial charge in [-0.25, -0.2) is 4.79 Å². The van der Waals surface area contributed by atoms with E-state index in [-0.39, 0.29) is 18.2 Å². The summed E-state index contributed by atoms with van der Waals surface area (Å²) in [6.45, 7) is 4.06. The number of hydrogen-bond acceptors (Lipinski definition) is 3. The van der Waals surface area contributed by atoms with E-state index >= 15 is 0 Å². The lowest BCUT2D eigenvalue weighted by molar-refractivity contribution is -0.182. The largest absolute Gasteiger partial charge is 0.489 e. The van der Waals surface area contributed by atoms with Gasteiger partial charge in [-0.05, 0) is 68.4 Å². The van der Waals surface area contributed by atoms with Crippen LogP contribution in [0, 0.1) is 17.8 Å². The Morgan fingerprint density at radius 3 is 2.17 bits per heavy atom. The smallest absolute Gasteiger partial charge is 0.337 e. The van der Waals surface area contributed by atoms with Crippen molar-refractivity contribution in [1.29, 1.82) is 0 Å². The van der Waals surface area contributed by atoms with Crippen molar-refractivity contribution in [2.24, 2.45) is 17.8 Å². The Hall–Kier alpha value is -1.77. The van der Waals surface area contributed by atoms with Crippen molar-refractivity contribution >= 4 is 5.97 Å². The van der Waals surface area contributed by atoms with Crippen LogP contribution in [0.5, 0.6) is 5.75 Å². The highest BCUT2D eigenvalue weighted by atomic mass is 16.6. The van der Waals surface area contributed by atoms with E-state index in [0.29, 0.717) is 5.57 Å². The molecule has 4 aliphatic rings. The van der Waals surface area contributed by atoms with E-state index in [0.717, 1.165) is 42.8 Å². The minimum atomic E-state index is -0.275. The number of benzene rings is 1. The third kappa shape index (κ3) is 3.01. The fraction of sp³-hybridized carbons (Fsp3) is 0.550. The second kappa shape index (κ2) is 5.70. The number of carbonyl (C=O) groups excluding carboxylic acids is 1. The summed E-state index contributed by atoms with van der Waals surface area (Å²) in [6.07, 6.45) is 7.19. The maximum Gasteiger partial charge on any atom is 0.337 e. The van der Waals surface area contributed by atoms with Gasteiger partial charge < -0.3 is 9.47 Å². The van der Waals surface area contributed by atoms with E-state index < -0.39 is 0 Å². The molecule has 4 saturated carbocycles. The van der Waals surface area contributed by atoms with Gasteiger partial charge in [-0.1, -0.05) is 24.8 Å². The molecule has 0 heterocycles. The number of ether oxygens (including phenoxy) is 2. The van der Waals surface area contributed by atoms with Crippen LogP contribution in [-0.2, 0) is 9.53 Å². The first-order chi connectivity index (χ1) is 11.1. The molecule has 1 aromatic carbocycles. The predicted molar refractivity (Wildman–Crippen MR) is 88.1 cm³/mol. The molecule has 0 atom stereocenters. The Morgan fingerprint density at radius 1 is 1.04 bits per heavy atom. The molecule has 0 N–H and O–H groups in total. The molecular weight excluding hydrogens is 288 g/mol. The molecule has 0 aromatic heterocycles. The van der Waals surface area contributed by atoms with E-state index in [1.807, 2.05) is 30.3 Å². The SMILES string of the molecule is C=C(COc1ccccc1)C(=O)OC12CC3CC(CC(C3)C1)C2. The van der Waals surface area contributed by atoms with Crippen LogP contribution in [0.3, 0.4) is 0 Å². The molecule has 3 heteroatoms. The summed E-state index contributed by atoms with van der Waals surface area (Å²) in [5, 5.41) is 0. The van der Waals surface area contributed by atoms with Crippen LogP contribution in [0.2, 0.25) is 0 Å². The Kier molecular flexibility index (Phi) is 3.67. The van der Waals surface area contributed by atoms with Gasteiger partial charge in [0.15, 0.2) is 0 Å². The number of rotatable bonds is 5. The van der Waals surface area contributed by atoms with Gasteiger partial charge in [0.25, 0.3) is 0 Å². The van der Waals surface area contributed by atoms with Gasteiger partial charge in [0.2, 0.25) is 0 Å². The second-order valence-corrected chi connectivity index (χ2v) is 7.70. The molecule has 0 aliphatic heterocycles. The molecule has 1 aromatic rings. The molecule has 122 valence electrons. The zero-order valence-corrected chi connectivity index (χ0v) is 13.5. The quantitative estimate of drug-likeness (QED) is 0.605. The maximum atomic E-state index is 12.4. The van der Waals surface area contributed by atoms with Crippen LogP contribution in [0.15, 0.2) is 42.5 Å². The zero-order valence-electron chi connectivity index (χ0n) is 13.5. The summed E-state index contributed by atoms with van der Waals surface area (Å²) in [5.41, 5.74) is 0.200. The minimum absolute atomic E-state index is 0.190. The van der Waals surface area contributed by atoms with Crippen LogP contribution in [0.25, 0.3) is 0 Å². The fourth-order valence-corrected chi connectivity index (χ4v) is 5.17. The van der Waals surface area contributed by atoms with Crippen LogP contribution < -0.4 is 4.74 Å². The lowest BCUT2D eigenvalue weighted by atomic mass is 9.54. The highest BCUT2D eigenvalue weighted by Gasteiger charge is 2.53. The maximum absolute atomic E-state index is 12.4. The van der Waals surface area contributed by atoms with Crippen molar-refractivity contribution in [2.45, 2.75) is 44.1 Å². The molecule has 4 fully saturated rings. The Labute approximate surface area is 137 Å². The second-order valence-electron chi connectivity index (χ2n) is 7.70. The van der Waals surface area contributed by atoms with Crippen molar-refractivity contribution in [3.63, 3.8) is 0 Å². The molecule has 4 bridgehead atoms. The van der Waals surface area contributed by atoms with E-state index in [4.69, 9.17) is 9.47 Å². The highest BCUT2D eigenvalue weighted by molar-refractivity contribution is 5.88. The first-order valence-corrected chi connectivity index (χ1v) is 8.71. The van der Waals surface area contributed by atoms with Crippen molar-refractivity contribution in [3.8, 4) is 5.75 Å². The third-order valence-electron chi connectivity index (χ3n) is 5.74. The Balaban J connectivity index is 1.35. The minimum Gasteiger partial charge on any atom is -0.489 e. The Morgan fingerprint density at radius 2 is 1.61 bits per heavy atom. The van der Waals surface area contributed by atoms with E-state index in [9.17, 15) is 4.79 Å². The Bertz CT molecular complexity index is 569. The first-order valence-electron chi connectivity index (χ1n) is 8.71. The van der Waals surface area contributed by atoms with Gasteiger partial charge in [0, 0.05) is 0 Å². The van der Waals surface area contributed by atoms with Gasteiger partial charge >= 0.3 is 5.97 Å². The lowest BCUT2D eigenvalue weighted by Gasteiger charge is -2.55. The number of esters is 1. The molecule has 5 rings (SSSR count). The summed E-state index contributed by atoms with van der Waals surface area (Å²) >= 11 is 0. The first kappa shape index (κ1) is 14.8. The topological polar surface area (TPSA) is 35.5 Å². The molecule has 0 saturated heterocycles. The molecule has 0 unspecified atom stereocenters. The summed E-state index contributed by atoms with van der Waals surface area (Å²) < 4.78 is 11.6. The predicted octanol–water partition coefficient (Wildman–Crippen LogP) is 4.13. The molecule has 0 spiro atoms. The van der Waals surface area contributed by atoms with Gasteiger partial charge in [-0.15, -0.1) is 0 Å². The van der Waals surface area contributed by atoms with Crippen molar-refractivity contribution in [2.75, 3.05) is 6.61 Å². The highest BCUT2D eigenvalue weighted by Crippen LogP contribution is 2.57. The zero-order chi connectivity index (χ0) is 15.9. The normalized spacial score (nSPS) is 34.2. The molecular formula is C20H24O3. The molecule has 4 aliphatic carbocycles. The van der Waals surface area contributed by atoms with Gasteiger partial charge in [0.05, 0.1) is 5.57 Å². The number of para-hydroxylation sites is 1. The molecule has 23 heavy (non-hydrogen) atoms. The van der Waals surface area contributed by atoms with Crippen LogP contribution in [0.4, 0.5) is 0 Å². The van der Waals surface area contributed by atoms with Gasteiger partial charge in [-0.3, -0.25) is 0 Å². The summed E-state index contributed by atoms with van der Waals surface area (Å²) in [6, 6.07) is 9.50. The van der Waals surface area contributed by atoms with Crippen molar-refractivity contribution in [1.82, 2.24) is 0 Å². The number of carbonyl (C=O) groups is 1. The van der Waals surface area contributed by atoms with Crippen LogP contribution in [-0.4, -0.2) is 18.2 Å². The molecule has 0 amide bonds. The fourth-order valence-electron chi connectivity index (χ4n) is 5.17. The monoisotopic (exact) mass is 312 g/mol. The third-order valence-corrected chi connectivity index (χ3v) is 5.74. The van der Waals surface area contributed by atoms with Crippen molar-refractivity contribution in [3.05, 3.63) is 42.5 Å². The van der Waals surface area contributed by atoms with E-state index in [1.165, 1.54) is 19.3 Å². The van der Waals surface area contributed by atoms with Crippen LogP contribution >= 0.6 is 0 Å². The number of hydrogen-bond donors (Lipinski definition) is 0. The van der Waals surface area contributed by atoms with E-state index in [1.54, 1.807) is 0 Å². The van der Waals surface area contributed by atoms with Crippen LogP contribution in [0.1, 0.15) is 38.5 Å². The van der Waals surface area contributed by atoms with E-state index in [2.05, 4.69) is 6.58 Å². The average molecular weight is 312 g/mol. The standard InChI is InChI=1S/C20H24O3/c1-14(13-22-18-5-3-2-4-6-18)19(21)23-20-10-15-7-16(11-20)9-17(8-15)12-20/h2-6,15-17H,1,7-13H2. The lowest BCUT2D eigenvalue weighted by Crippen LogP contribution is -2.53. The van der Waals surface area contributed by atoms with Crippen molar-refractivity contribution < 1.29 is 14.3 Å². The summed E-state index contributed by atoms with van der Waals surface area (Å²) in [5.74, 6) is 2.77.